The second-order valence-corrected chi connectivity index (χ2v) is 8.84. The fourth-order valence-corrected chi connectivity index (χ4v) is 4.13. The Labute approximate surface area is 220 Å². The van der Waals surface area contributed by atoms with Crippen LogP contribution in [0, 0.1) is 11.3 Å². The van der Waals surface area contributed by atoms with Gasteiger partial charge >= 0.3 is 5.97 Å². The lowest BCUT2D eigenvalue weighted by Crippen LogP contribution is -2.12. The van der Waals surface area contributed by atoms with Gasteiger partial charge in [-0.3, -0.25) is 4.79 Å². The molecule has 38 heavy (non-hydrogen) atoms. The van der Waals surface area contributed by atoms with E-state index in [9.17, 15) is 14.4 Å². The number of furan rings is 1. The van der Waals surface area contributed by atoms with Crippen LogP contribution < -0.4 is 10.5 Å². The van der Waals surface area contributed by atoms with Crippen molar-refractivity contribution >= 4 is 16.9 Å². The monoisotopic (exact) mass is 516 g/mol. The molecule has 7 nitrogen and oxygen atoms in total. The zero-order valence-corrected chi connectivity index (χ0v) is 21.1. The summed E-state index contributed by atoms with van der Waals surface area (Å²) in [6.45, 7) is 0.305. The van der Waals surface area contributed by atoms with Crippen LogP contribution in [0.2, 0.25) is 0 Å². The number of methoxy groups -OCH3 is 1. The minimum Gasteiger partial charge on any atom is -0.489 e. The molecule has 0 saturated carbocycles. The number of carbonyl (C=O) groups excluding carboxylic acids is 1. The van der Waals surface area contributed by atoms with Gasteiger partial charge in [0, 0.05) is 36.7 Å². The summed E-state index contributed by atoms with van der Waals surface area (Å²) in [5, 5.41) is 10.3. The van der Waals surface area contributed by atoms with Crippen LogP contribution >= 0.6 is 0 Å². The van der Waals surface area contributed by atoms with Crippen molar-refractivity contribution in [3.63, 3.8) is 0 Å². The lowest BCUT2D eigenvalue weighted by Gasteiger charge is -2.14. The molecule has 0 aliphatic carbocycles. The molecule has 1 unspecified atom stereocenters. The second kappa shape index (κ2) is 12.9. The molecule has 0 amide bonds. The average Bonchev–Trinajstić information content (AvgIpc) is 3.42. The van der Waals surface area contributed by atoms with Crippen LogP contribution in [0.3, 0.4) is 0 Å². The summed E-state index contributed by atoms with van der Waals surface area (Å²) in [5.74, 6) is 0.0479. The van der Waals surface area contributed by atoms with E-state index >= 15 is 0 Å². The van der Waals surface area contributed by atoms with Gasteiger partial charge in [0.15, 0.2) is 0 Å². The zero-order valence-electron chi connectivity index (χ0n) is 21.1. The van der Waals surface area contributed by atoms with Gasteiger partial charge in [-0.1, -0.05) is 24.3 Å². The molecule has 2 N–H and O–H groups in total. The summed E-state index contributed by atoms with van der Waals surface area (Å²) >= 11 is 0. The van der Waals surface area contributed by atoms with Crippen LogP contribution in [0.15, 0.2) is 71.3 Å². The molecule has 0 fully saturated rings. The van der Waals surface area contributed by atoms with Crippen LogP contribution in [0.4, 0.5) is 4.39 Å². The number of hydrogen-bond donors (Lipinski definition) is 1. The molecule has 0 saturated heterocycles. The summed E-state index contributed by atoms with van der Waals surface area (Å²) in [4.78, 5) is 12.3. The maximum atomic E-state index is 13.2. The molecule has 8 heteroatoms. The fourth-order valence-electron chi connectivity index (χ4n) is 4.13. The van der Waals surface area contributed by atoms with E-state index < -0.39 is 12.7 Å². The van der Waals surface area contributed by atoms with Gasteiger partial charge in [0.2, 0.25) is 0 Å². The number of halogens is 1. The highest BCUT2D eigenvalue weighted by Crippen LogP contribution is 2.33. The molecular weight excluding hydrogens is 487 g/mol. The summed E-state index contributed by atoms with van der Waals surface area (Å²) in [5.41, 5.74) is 10.9. The van der Waals surface area contributed by atoms with Crippen LogP contribution in [0.5, 0.6) is 5.75 Å². The Morgan fingerprint density at radius 3 is 2.79 bits per heavy atom. The largest absolute Gasteiger partial charge is 0.489 e. The third-order valence-electron chi connectivity index (χ3n) is 6.08. The number of ether oxygens (including phenoxy) is 3. The topological polar surface area (TPSA) is 108 Å². The Morgan fingerprint density at radius 1 is 1.13 bits per heavy atom. The molecule has 0 radical (unpaired) electrons. The van der Waals surface area contributed by atoms with Crippen molar-refractivity contribution in [3.05, 3.63) is 89.2 Å². The van der Waals surface area contributed by atoms with E-state index in [4.69, 9.17) is 24.4 Å². The number of alkyl halides is 1. The first-order chi connectivity index (χ1) is 18.5. The second-order valence-electron chi connectivity index (χ2n) is 8.84. The van der Waals surface area contributed by atoms with E-state index in [1.54, 1.807) is 37.6 Å². The van der Waals surface area contributed by atoms with Crippen LogP contribution in [0.1, 0.15) is 34.7 Å². The van der Waals surface area contributed by atoms with E-state index in [0.717, 1.165) is 22.1 Å². The normalized spacial score (nSPS) is 11.7. The van der Waals surface area contributed by atoms with Crippen molar-refractivity contribution in [2.45, 2.75) is 25.5 Å². The SMILES string of the molecule is COCCCOC(=O)Cc1ccc(C#N)cc1OCc1cc(-c2cccc(C(N)CF)c2)c2occc2c1. The first-order valence-electron chi connectivity index (χ1n) is 12.2. The van der Waals surface area contributed by atoms with Gasteiger partial charge in [-0.05, 0) is 53.1 Å². The molecule has 1 aromatic heterocycles. The van der Waals surface area contributed by atoms with Crippen molar-refractivity contribution in [3.8, 4) is 22.9 Å². The Bertz CT molecular complexity index is 1440. The number of nitriles is 1. The molecule has 196 valence electrons. The van der Waals surface area contributed by atoms with Crippen LogP contribution in [-0.4, -0.2) is 33.0 Å². The van der Waals surface area contributed by atoms with Crippen molar-refractivity contribution in [1.82, 2.24) is 0 Å². The standard InChI is InChI=1S/C30H29FN2O5/c1-35-9-3-10-36-29(34)16-24-7-6-20(18-32)14-28(24)38-19-21-12-25-8-11-37-30(25)26(13-21)22-4-2-5-23(15-22)27(33)17-31/h2,4-8,11-15,27H,3,9-10,16-17,19,33H2,1H3. The number of carbonyl (C=O) groups is 1. The number of fused-ring (bicyclic) bond motifs is 1. The van der Waals surface area contributed by atoms with E-state index in [2.05, 4.69) is 6.07 Å². The highest BCUT2D eigenvalue weighted by Gasteiger charge is 2.15. The van der Waals surface area contributed by atoms with Crippen molar-refractivity contribution < 1.29 is 27.8 Å². The third kappa shape index (κ3) is 6.57. The van der Waals surface area contributed by atoms with Gasteiger partial charge in [-0.15, -0.1) is 0 Å². The Kier molecular flexibility index (Phi) is 9.09. The van der Waals surface area contributed by atoms with E-state index in [0.29, 0.717) is 41.1 Å². The summed E-state index contributed by atoms with van der Waals surface area (Å²) in [7, 11) is 1.59. The first kappa shape index (κ1) is 26.9. The third-order valence-corrected chi connectivity index (χ3v) is 6.08. The summed E-state index contributed by atoms with van der Waals surface area (Å²) in [6.07, 6.45) is 2.24. The predicted octanol–water partition coefficient (Wildman–Crippen LogP) is 5.64. The number of nitrogens with zero attached hydrogens (tertiary/aromatic N) is 1. The molecule has 4 aromatic rings. The number of esters is 1. The van der Waals surface area contributed by atoms with Gasteiger partial charge in [0.1, 0.15) is 24.6 Å². The molecule has 1 atom stereocenters. The minimum absolute atomic E-state index is 0.0155. The van der Waals surface area contributed by atoms with E-state index in [1.807, 2.05) is 36.4 Å². The lowest BCUT2D eigenvalue weighted by atomic mass is 9.97. The van der Waals surface area contributed by atoms with Crippen molar-refractivity contribution in [1.29, 1.82) is 5.26 Å². The molecule has 0 aliphatic rings. The number of benzene rings is 3. The first-order valence-corrected chi connectivity index (χ1v) is 12.2. The molecule has 1 heterocycles. The van der Waals surface area contributed by atoms with Gasteiger partial charge in [0.25, 0.3) is 0 Å². The van der Waals surface area contributed by atoms with E-state index in [-0.39, 0.29) is 25.6 Å². The Hall–Kier alpha value is -4.19. The van der Waals surface area contributed by atoms with Crippen LogP contribution in [-0.2, 0) is 27.3 Å². The fraction of sp³-hybridized carbons (Fsp3) is 0.267. The van der Waals surface area contributed by atoms with Crippen molar-refractivity contribution in [2.24, 2.45) is 5.73 Å². The Balaban J connectivity index is 1.57. The molecule has 0 spiro atoms. The zero-order chi connectivity index (χ0) is 26.9. The number of nitrogens with two attached hydrogens (primary N) is 1. The quantitative estimate of drug-likeness (QED) is 0.192. The number of rotatable bonds is 12. The van der Waals surface area contributed by atoms with Gasteiger partial charge in [0.05, 0.1) is 37.0 Å². The van der Waals surface area contributed by atoms with Gasteiger partial charge in [-0.25, -0.2) is 4.39 Å². The average molecular weight is 517 g/mol. The predicted molar refractivity (Wildman–Crippen MR) is 141 cm³/mol. The summed E-state index contributed by atoms with van der Waals surface area (Å²) < 4.78 is 35.3. The highest BCUT2D eigenvalue weighted by molar-refractivity contribution is 5.93. The summed E-state index contributed by atoms with van der Waals surface area (Å²) in [6, 6.07) is 19.6. The van der Waals surface area contributed by atoms with Crippen LogP contribution in [0.25, 0.3) is 22.1 Å². The highest BCUT2D eigenvalue weighted by atomic mass is 19.1. The minimum atomic E-state index is -0.703. The van der Waals surface area contributed by atoms with Gasteiger partial charge < -0.3 is 24.4 Å². The lowest BCUT2D eigenvalue weighted by molar-refractivity contribution is -0.143. The molecule has 0 aliphatic heterocycles. The van der Waals surface area contributed by atoms with Crippen molar-refractivity contribution in [2.75, 3.05) is 27.0 Å². The smallest absolute Gasteiger partial charge is 0.310 e. The maximum Gasteiger partial charge on any atom is 0.310 e. The maximum absolute atomic E-state index is 13.2. The molecule has 0 bridgehead atoms. The molecule has 3 aromatic carbocycles. The molecular formula is C30H29FN2O5. The number of hydrogen-bond acceptors (Lipinski definition) is 7. The van der Waals surface area contributed by atoms with E-state index in [1.165, 1.54) is 0 Å². The Morgan fingerprint density at radius 2 is 2.00 bits per heavy atom. The van der Waals surface area contributed by atoms with Gasteiger partial charge in [-0.2, -0.15) is 5.26 Å². The molecule has 4 rings (SSSR count).